The Morgan fingerprint density at radius 2 is 1.69 bits per heavy atom. The van der Waals surface area contributed by atoms with Gasteiger partial charge in [-0.25, -0.2) is 4.39 Å². The number of likely N-dealkylation sites (tertiary alicyclic amines) is 2. The fourth-order valence-corrected chi connectivity index (χ4v) is 6.93. The molecule has 1 saturated carbocycles. The van der Waals surface area contributed by atoms with E-state index >= 15 is 4.39 Å². The Bertz CT molecular complexity index is 1130. The Kier molecular flexibility index (Phi) is 8.42. The van der Waals surface area contributed by atoms with Crippen molar-refractivity contribution < 1.29 is 17.6 Å². The van der Waals surface area contributed by atoms with Crippen molar-refractivity contribution in [1.82, 2.24) is 9.80 Å². The number of aryl methyl sites for hydroxylation is 1. The maximum atomic E-state index is 15.2. The van der Waals surface area contributed by atoms with E-state index in [4.69, 9.17) is 0 Å². The van der Waals surface area contributed by atoms with Crippen molar-refractivity contribution in [3.05, 3.63) is 66.0 Å². The smallest absolute Gasteiger partial charge is 0.369 e. The molecule has 0 aromatic heterocycles. The average Bonchev–Trinajstić information content (AvgIpc) is 3.38. The highest BCUT2D eigenvalue weighted by Crippen LogP contribution is 2.53. The van der Waals surface area contributed by atoms with E-state index in [0.717, 1.165) is 75.0 Å². The molecule has 0 N–H and O–H groups in total. The summed E-state index contributed by atoms with van der Waals surface area (Å²) in [6.45, 7) is 9.15. The van der Waals surface area contributed by atoms with Crippen molar-refractivity contribution in [3.8, 4) is 11.1 Å². The summed E-state index contributed by atoms with van der Waals surface area (Å²) >= 11 is 0. The average molecular weight is 543 g/mol. The molecular formula is C33H42F4N2. The number of rotatable bonds is 9. The van der Waals surface area contributed by atoms with E-state index in [1.165, 1.54) is 12.0 Å². The third-order valence-electron chi connectivity index (χ3n) is 9.75. The molecule has 2 aromatic rings. The summed E-state index contributed by atoms with van der Waals surface area (Å²) in [4.78, 5) is 4.36. The van der Waals surface area contributed by atoms with E-state index in [1.54, 1.807) is 6.07 Å². The zero-order chi connectivity index (χ0) is 27.6. The van der Waals surface area contributed by atoms with Gasteiger partial charge >= 0.3 is 6.18 Å². The van der Waals surface area contributed by atoms with Crippen molar-refractivity contribution >= 4 is 5.70 Å². The van der Waals surface area contributed by atoms with Gasteiger partial charge in [-0.15, -0.1) is 0 Å². The second-order valence-corrected chi connectivity index (χ2v) is 12.1. The van der Waals surface area contributed by atoms with Crippen molar-refractivity contribution in [2.45, 2.75) is 83.4 Å². The fraction of sp³-hybridized carbons (Fsp3) is 0.576. The SMILES string of the molecule is C=C(c1ccc(-c2ccc(CCC3CCN(CC4(C(F)(F)F)CCC4)CC3)cc2)c(F)c1)N1CCCC1CC. The van der Waals surface area contributed by atoms with Gasteiger partial charge in [0.1, 0.15) is 5.82 Å². The normalized spacial score (nSPS) is 22.2. The molecule has 1 atom stereocenters. The van der Waals surface area contributed by atoms with Gasteiger partial charge in [0.25, 0.3) is 0 Å². The van der Waals surface area contributed by atoms with Gasteiger partial charge in [0.05, 0.1) is 5.41 Å². The van der Waals surface area contributed by atoms with Crippen LogP contribution in [0.3, 0.4) is 0 Å². The first-order valence-electron chi connectivity index (χ1n) is 14.8. The highest BCUT2D eigenvalue weighted by molar-refractivity contribution is 5.70. The van der Waals surface area contributed by atoms with Gasteiger partial charge in [0, 0.05) is 36.0 Å². The molecule has 2 saturated heterocycles. The predicted molar refractivity (Wildman–Crippen MR) is 151 cm³/mol. The first-order chi connectivity index (χ1) is 18.7. The molecule has 0 bridgehead atoms. The highest BCUT2D eigenvalue weighted by atomic mass is 19.4. The molecule has 39 heavy (non-hydrogen) atoms. The van der Waals surface area contributed by atoms with Crippen LogP contribution in [-0.2, 0) is 6.42 Å². The molecule has 3 fully saturated rings. The van der Waals surface area contributed by atoms with Crippen LogP contribution in [0.15, 0.2) is 49.0 Å². The van der Waals surface area contributed by atoms with E-state index in [1.807, 2.05) is 29.2 Å². The topological polar surface area (TPSA) is 6.48 Å². The van der Waals surface area contributed by atoms with Crippen LogP contribution in [0.1, 0.15) is 75.8 Å². The molecule has 1 aliphatic carbocycles. The molecule has 0 radical (unpaired) electrons. The van der Waals surface area contributed by atoms with Gasteiger partial charge in [-0.1, -0.05) is 56.3 Å². The van der Waals surface area contributed by atoms with Crippen LogP contribution in [0.4, 0.5) is 17.6 Å². The Morgan fingerprint density at radius 3 is 2.28 bits per heavy atom. The largest absolute Gasteiger partial charge is 0.395 e. The van der Waals surface area contributed by atoms with E-state index in [0.29, 0.717) is 23.9 Å². The molecule has 6 heteroatoms. The number of hydrogen-bond donors (Lipinski definition) is 0. The zero-order valence-corrected chi connectivity index (χ0v) is 23.2. The predicted octanol–water partition coefficient (Wildman–Crippen LogP) is 8.72. The lowest BCUT2D eigenvalue weighted by atomic mass is 9.67. The number of halogens is 4. The van der Waals surface area contributed by atoms with Crippen molar-refractivity contribution in [1.29, 1.82) is 0 Å². The van der Waals surface area contributed by atoms with Crippen molar-refractivity contribution in [2.24, 2.45) is 11.3 Å². The van der Waals surface area contributed by atoms with Gasteiger partial charge in [-0.3, -0.25) is 0 Å². The number of alkyl halides is 3. The Labute approximate surface area is 231 Å². The molecule has 2 aliphatic heterocycles. The van der Waals surface area contributed by atoms with E-state index in [9.17, 15) is 13.2 Å². The third kappa shape index (κ3) is 6.06. The molecule has 2 aromatic carbocycles. The summed E-state index contributed by atoms with van der Waals surface area (Å²) in [7, 11) is 0. The first kappa shape index (κ1) is 28.2. The van der Waals surface area contributed by atoms with Crippen LogP contribution in [-0.4, -0.2) is 48.2 Å². The second-order valence-electron chi connectivity index (χ2n) is 12.1. The molecule has 3 aliphatic rings. The van der Waals surface area contributed by atoms with Gasteiger partial charge in [0.2, 0.25) is 0 Å². The van der Waals surface area contributed by atoms with E-state index in [-0.39, 0.29) is 25.2 Å². The molecule has 212 valence electrons. The Morgan fingerprint density at radius 1 is 0.974 bits per heavy atom. The summed E-state index contributed by atoms with van der Waals surface area (Å²) in [5.74, 6) is 0.319. The zero-order valence-electron chi connectivity index (χ0n) is 23.2. The molecule has 1 unspecified atom stereocenters. The van der Waals surface area contributed by atoms with Crippen molar-refractivity contribution in [3.63, 3.8) is 0 Å². The maximum Gasteiger partial charge on any atom is 0.395 e. The Hall–Kier alpha value is -2.34. The van der Waals surface area contributed by atoms with Crippen LogP contribution in [0.2, 0.25) is 0 Å². The molecular weight excluding hydrogens is 500 g/mol. The molecule has 5 rings (SSSR count). The third-order valence-corrected chi connectivity index (χ3v) is 9.75. The Balaban J connectivity index is 1.12. The van der Waals surface area contributed by atoms with Crippen molar-refractivity contribution in [2.75, 3.05) is 26.2 Å². The monoisotopic (exact) mass is 542 g/mol. The summed E-state index contributed by atoms with van der Waals surface area (Å²) in [5.41, 5.74) is 2.98. The van der Waals surface area contributed by atoms with Gasteiger partial charge < -0.3 is 9.80 Å². The fourth-order valence-electron chi connectivity index (χ4n) is 6.93. The lowest BCUT2D eigenvalue weighted by Crippen LogP contribution is -2.53. The second kappa shape index (κ2) is 11.6. The molecule has 2 nitrogen and oxygen atoms in total. The minimum Gasteiger partial charge on any atom is -0.369 e. The summed E-state index contributed by atoms with van der Waals surface area (Å²) in [6, 6.07) is 14.1. The lowest BCUT2D eigenvalue weighted by Gasteiger charge is -2.47. The molecule has 2 heterocycles. The minimum atomic E-state index is -4.08. The van der Waals surface area contributed by atoms with Gasteiger partial charge in [-0.2, -0.15) is 13.2 Å². The number of nitrogens with zero attached hydrogens (tertiary/aromatic N) is 2. The van der Waals surface area contributed by atoms with Crippen LogP contribution in [0.25, 0.3) is 16.8 Å². The standard InChI is InChI=1S/C33H42F4N2/c1-3-29-6-4-19-39(29)24(2)28-13-14-30(31(34)22-28)27-11-9-25(10-12-27)7-8-26-15-20-38(21-16-26)23-32(17-5-18-32)33(35,36)37/h9-14,22,26,29H,2-8,15-21,23H2,1H3. The number of benzene rings is 2. The maximum absolute atomic E-state index is 15.2. The minimum absolute atomic E-state index is 0.174. The van der Waals surface area contributed by atoms with E-state index < -0.39 is 11.6 Å². The number of piperidine rings is 1. The first-order valence-corrected chi connectivity index (χ1v) is 14.8. The lowest BCUT2D eigenvalue weighted by molar-refractivity contribution is -0.256. The molecule has 0 amide bonds. The highest BCUT2D eigenvalue weighted by Gasteiger charge is 2.58. The van der Waals surface area contributed by atoms with Crippen LogP contribution >= 0.6 is 0 Å². The van der Waals surface area contributed by atoms with Crippen LogP contribution in [0, 0.1) is 17.2 Å². The quantitative estimate of drug-likeness (QED) is 0.292. The summed E-state index contributed by atoms with van der Waals surface area (Å²) in [6.07, 6.45) is 4.49. The van der Waals surface area contributed by atoms with Crippen LogP contribution < -0.4 is 0 Å². The number of hydrogen-bond acceptors (Lipinski definition) is 2. The molecule has 0 spiro atoms. The van der Waals surface area contributed by atoms with Crippen LogP contribution in [0.5, 0.6) is 0 Å². The van der Waals surface area contributed by atoms with E-state index in [2.05, 4.69) is 30.5 Å². The van der Waals surface area contributed by atoms with Gasteiger partial charge in [0.15, 0.2) is 0 Å². The summed E-state index contributed by atoms with van der Waals surface area (Å²) < 4.78 is 55.8. The van der Waals surface area contributed by atoms with Gasteiger partial charge in [-0.05, 0) is 94.0 Å². The summed E-state index contributed by atoms with van der Waals surface area (Å²) in [5, 5.41) is 0.